The van der Waals surface area contributed by atoms with E-state index in [-0.39, 0.29) is 23.9 Å². The maximum atomic E-state index is 13.1. The molecule has 1 heterocycles. The third kappa shape index (κ3) is 2.84. The first-order valence-corrected chi connectivity index (χ1v) is 5.49. The number of hydrogen-bond donors (Lipinski definition) is 2. The van der Waals surface area contributed by atoms with Gasteiger partial charge in [0.25, 0.3) is 5.91 Å². The van der Waals surface area contributed by atoms with Gasteiger partial charge < -0.3 is 10.6 Å². The highest BCUT2D eigenvalue weighted by molar-refractivity contribution is 5.95. The molecule has 0 radical (unpaired) electrons. The fourth-order valence-electron chi connectivity index (χ4n) is 1.77. The molecule has 1 fully saturated rings. The Bertz CT molecular complexity index is 561. The summed E-state index contributed by atoms with van der Waals surface area (Å²) < 4.78 is 13.1. The molecular weight excluding hydrogens is 257 g/mol. The lowest BCUT2D eigenvalue weighted by Gasteiger charge is -2.10. The van der Waals surface area contributed by atoms with Crippen LogP contribution < -0.4 is 10.6 Å². The van der Waals surface area contributed by atoms with E-state index in [4.69, 9.17) is 0 Å². The molecule has 0 aliphatic carbocycles. The molecule has 1 aliphatic rings. The molecule has 100 valence electrons. The highest BCUT2D eigenvalue weighted by atomic mass is 19.1. The Morgan fingerprint density at radius 1 is 1.53 bits per heavy atom. The zero-order valence-corrected chi connectivity index (χ0v) is 9.68. The van der Waals surface area contributed by atoms with Crippen molar-refractivity contribution < 1.29 is 18.9 Å². The lowest BCUT2D eigenvalue weighted by molar-refractivity contribution is -0.387. The van der Waals surface area contributed by atoms with Crippen molar-refractivity contribution in [2.45, 2.75) is 12.5 Å². The quantitative estimate of drug-likeness (QED) is 0.609. The van der Waals surface area contributed by atoms with Gasteiger partial charge in [0, 0.05) is 24.6 Å². The predicted molar refractivity (Wildman–Crippen MR) is 61.9 cm³/mol. The van der Waals surface area contributed by atoms with Gasteiger partial charge in [0.1, 0.15) is 0 Å². The standard InChI is InChI=1S/C11H10FN3O4/c12-8-2-1-6(3-9(8)15(18)19)11(17)14-7-4-10(16)13-5-7/h1-3,7H,4-5H2,(H,13,16)(H,14,17). The molecule has 1 atom stereocenters. The van der Waals surface area contributed by atoms with Crippen LogP contribution in [-0.2, 0) is 4.79 Å². The van der Waals surface area contributed by atoms with Crippen LogP contribution in [0.1, 0.15) is 16.8 Å². The Balaban J connectivity index is 2.13. The second-order valence-corrected chi connectivity index (χ2v) is 4.10. The number of carbonyl (C=O) groups excluding carboxylic acids is 2. The number of carbonyl (C=O) groups is 2. The van der Waals surface area contributed by atoms with E-state index in [0.717, 1.165) is 18.2 Å². The smallest absolute Gasteiger partial charge is 0.305 e. The average molecular weight is 267 g/mol. The monoisotopic (exact) mass is 267 g/mol. The summed E-state index contributed by atoms with van der Waals surface area (Å²) in [5.41, 5.74) is -0.777. The highest BCUT2D eigenvalue weighted by Crippen LogP contribution is 2.18. The number of rotatable bonds is 3. The average Bonchev–Trinajstić information content (AvgIpc) is 2.74. The van der Waals surface area contributed by atoms with Gasteiger partial charge in [0.15, 0.2) is 0 Å². The summed E-state index contributed by atoms with van der Waals surface area (Å²) in [4.78, 5) is 32.4. The summed E-state index contributed by atoms with van der Waals surface area (Å²) in [6.07, 6.45) is 0.162. The van der Waals surface area contributed by atoms with Crippen molar-refractivity contribution in [1.82, 2.24) is 10.6 Å². The molecule has 1 saturated heterocycles. The molecular formula is C11H10FN3O4. The van der Waals surface area contributed by atoms with Gasteiger partial charge in [0.05, 0.1) is 11.0 Å². The van der Waals surface area contributed by atoms with Gasteiger partial charge in [-0.25, -0.2) is 0 Å². The summed E-state index contributed by atoms with van der Waals surface area (Å²) >= 11 is 0. The molecule has 1 unspecified atom stereocenters. The Hall–Kier alpha value is -2.51. The Labute approximate surface area is 106 Å². The van der Waals surface area contributed by atoms with Crippen LogP contribution in [0.25, 0.3) is 0 Å². The number of hydrogen-bond acceptors (Lipinski definition) is 4. The van der Waals surface area contributed by atoms with Crippen LogP contribution in [0.4, 0.5) is 10.1 Å². The molecule has 2 N–H and O–H groups in total. The molecule has 0 spiro atoms. The maximum Gasteiger partial charge on any atom is 0.305 e. The second-order valence-electron chi connectivity index (χ2n) is 4.10. The van der Waals surface area contributed by atoms with E-state index in [1.54, 1.807) is 0 Å². The van der Waals surface area contributed by atoms with Crippen LogP contribution >= 0.6 is 0 Å². The van der Waals surface area contributed by atoms with Crippen LogP contribution in [0.5, 0.6) is 0 Å². The lowest BCUT2D eigenvalue weighted by atomic mass is 10.1. The maximum absolute atomic E-state index is 13.1. The van der Waals surface area contributed by atoms with E-state index in [0.29, 0.717) is 6.54 Å². The third-order valence-electron chi connectivity index (χ3n) is 2.72. The summed E-state index contributed by atoms with van der Waals surface area (Å²) in [6, 6.07) is 2.53. The number of nitrogens with one attached hydrogen (secondary N) is 2. The highest BCUT2D eigenvalue weighted by Gasteiger charge is 2.24. The Kier molecular flexibility index (Phi) is 3.41. The third-order valence-corrected chi connectivity index (χ3v) is 2.72. The molecule has 8 heteroatoms. The number of benzene rings is 1. The van der Waals surface area contributed by atoms with Gasteiger partial charge in [-0.3, -0.25) is 19.7 Å². The molecule has 1 aromatic carbocycles. The van der Waals surface area contributed by atoms with Crippen molar-refractivity contribution in [1.29, 1.82) is 0 Å². The molecule has 1 aliphatic heterocycles. The number of nitro groups is 1. The number of halogens is 1. The summed E-state index contributed by atoms with van der Waals surface area (Å²) in [5, 5.41) is 15.7. The molecule has 0 bridgehead atoms. The number of nitro benzene ring substituents is 1. The zero-order chi connectivity index (χ0) is 14.0. The first-order valence-electron chi connectivity index (χ1n) is 5.49. The van der Waals surface area contributed by atoms with Crippen molar-refractivity contribution in [2.24, 2.45) is 0 Å². The van der Waals surface area contributed by atoms with Gasteiger partial charge in [0.2, 0.25) is 11.7 Å². The van der Waals surface area contributed by atoms with Gasteiger partial charge in [-0.1, -0.05) is 0 Å². The minimum Gasteiger partial charge on any atom is -0.354 e. The molecule has 0 aromatic heterocycles. The summed E-state index contributed by atoms with van der Waals surface area (Å²) in [7, 11) is 0. The minimum atomic E-state index is -1.00. The first kappa shape index (κ1) is 12.9. The number of nitrogens with zero attached hydrogens (tertiary/aromatic N) is 1. The Morgan fingerprint density at radius 3 is 2.84 bits per heavy atom. The number of amides is 2. The van der Waals surface area contributed by atoms with Crippen molar-refractivity contribution in [3.8, 4) is 0 Å². The van der Waals surface area contributed by atoms with E-state index in [9.17, 15) is 24.1 Å². The van der Waals surface area contributed by atoms with E-state index in [2.05, 4.69) is 10.6 Å². The van der Waals surface area contributed by atoms with E-state index >= 15 is 0 Å². The van der Waals surface area contributed by atoms with E-state index in [1.807, 2.05) is 0 Å². The lowest BCUT2D eigenvalue weighted by Crippen LogP contribution is -2.36. The van der Waals surface area contributed by atoms with E-state index < -0.39 is 22.3 Å². The van der Waals surface area contributed by atoms with Crippen LogP contribution in [0.15, 0.2) is 18.2 Å². The topological polar surface area (TPSA) is 101 Å². The predicted octanol–water partition coefficient (Wildman–Crippen LogP) is 0.352. The largest absolute Gasteiger partial charge is 0.354 e. The minimum absolute atomic E-state index is 0.0209. The molecule has 0 saturated carbocycles. The van der Waals surface area contributed by atoms with Gasteiger partial charge in [-0.05, 0) is 12.1 Å². The van der Waals surface area contributed by atoms with Gasteiger partial charge >= 0.3 is 5.69 Å². The van der Waals surface area contributed by atoms with Crippen molar-refractivity contribution in [2.75, 3.05) is 6.54 Å². The fourth-order valence-corrected chi connectivity index (χ4v) is 1.77. The molecule has 1 aromatic rings. The van der Waals surface area contributed by atoms with Crippen LogP contribution in [-0.4, -0.2) is 29.3 Å². The van der Waals surface area contributed by atoms with Crippen LogP contribution in [0.3, 0.4) is 0 Å². The first-order chi connectivity index (χ1) is 8.97. The summed E-state index contributed by atoms with van der Waals surface area (Å²) in [5.74, 6) is -1.75. The molecule has 2 rings (SSSR count). The second kappa shape index (κ2) is 5.01. The van der Waals surface area contributed by atoms with Crippen molar-refractivity contribution >= 4 is 17.5 Å². The fraction of sp³-hybridized carbons (Fsp3) is 0.273. The van der Waals surface area contributed by atoms with Gasteiger partial charge in [-0.15, -0.1) is 0 Å². The van der Waals surface area contributed by atoms with Crippen molar-refractivity contribution in [3.63, 3.8) is 0 Å². The Morgan fingerprint density at radius 2 is 2.26 bits per heavy atom. The van der Waals surface area contributed by atoms with Gasteiger partial charge in [-0.2, -0.15) is 4.39 Å². The molecule has 19 heavy (non-hydrogen) atoms. The normalized spacial score (nSPS) is 17.9. The van der Waals surface area contributed by atoms with Crippen LogP contribution in [0, 0.1) is 15.9 Å². The molecule has 7 nitrogen and oxygen atoms in total. The van der Waals surface area contributed by atoms with E-state index in [1.165, 1.54) is 0 Å². The molecule has 2 amide bonds. The summed E-state index contributed by atoms with van der Waals surface area (Å²) in [6.45, 7) is 0.313. The van der Waals surface area contributed by atoms with Crippen molar-refractivity contribution in [3.05, 3.63) is 39.7 Å². The SMILES string of the molecule is O=C1CC(NC(=O)c2ccc(F)c([N+](=O)[O-])c2)CN1. The zero-order valence-electron chi connectivity index (χ0n) is 9.68. The van der Waals surface area contributed by atoms with Crippen LogP contribution in [0.2, 0.25) is 0 Å².